The molecule has 0 bridgehead atoms. The molecule has 6 N–H and O–H groups in total. The summed E-state index contributed by atoms with van der Waals surface area (Å²) >= 11 is 0. The minimum Gasteiger partial charge on any atom is -0.501 e. The Balaban J connectivity index is 1.91. The summed E-state index contributed by atoms with van der Waals surface area (Å²) in [6, 6.07) is 1.59. The summed E-state index contributed by atoms with van der Waals surface area (Å²) in [5.41, 5.74) is 8.54. The van der Waals surface area contributed by atoms with Gasteiger partial charge in [0, 0.05) is 19.3 Å². The zero-order valence-electron chi connectivity index (χ0n) is 15.9. The second-order valence-corrected chi connectivity index (χ2v) is 6.35. The van der Waals surface area contributed by atoms with E-state index in [1.165, 1.54) is 10.9 Å². The number of methoxy groups -OCH3 is 1. The first-order chi connectivity index (χ1) is 13.0. The first-order valence-corrected chi connectivity index (χ1v) is 8.70. The molecule has 0 saturated heterocycles. The summed E-state index contributed by atoms with van der Waals surface area (Å²) in [4.78, 5) is 12.2. The number of nitrogens with two attached hydrogens (primary N) is 2. The summed E-state index contributed by atoms with van der Waals surface area (Å²) < 4.78 is 12.1. The normalized spacial score (nSPS) is 19.9. The van der Waals surface area contributed by atoms with Gasteiger partial charge in [-0.25, -0.2) is 4.68 Å². The summed E-state index contributed by atoms with van der Waals surface area (Å²) in [5.74, 6) is 7.53. The predicted octanol–water partition coefficient (Wildman–Crippen LogP) is 0.577. The van der Waals surface area contributed by atoms with E-state index in [1.54, 1.807) is 20.2 Å². The van der Waals surface area contributed by atoms with Crippen LogP contribution in [-0.4, -0.2) is 30.0 Å². The average Bonchev–Trinajstić information content (AvgIpc) is 3.42. The Bertz CT molecular complexity index is 784. The molecule has 1 saturated carbocycles. The second kappa shape index (κ2) is 9.67. The van der Waals surface area contributed by atoms with E-state index in [1.807, 2.05) is 19.1 Å². The fourth-order valence-electron chi connectivity index (χ4n) is 2.42. The van der Waals surface area contributed by atoms with Gasteiger partial charge in [-0.3, -0.25) is 10.6 Å². The predicted molar refractivity (Wildman–Crippen MR) is 105 cm³/mol. The van der Waals surface area contributed by atoms with Crippen LogP contribution in [0, 0.1) is 11.8 Å². The van der Waals surface area contributed by atoms with Crippen molar-refractivity contribution < 1.29 is 9.47 Å². The van der Waals surface area contributed by atoms with Gasteiger partial charge in [0.2, 0.25) is 5.88 Å². The van der Waals surface area contributed by atoms with E-state index >= 15 is 0 Å². The number of aromatic nitrogens is 2. The van der Waals surface area contributed by atoms with Gasteiger partial charge in [0.1, 0.15) is 5.69 Å². The van der Waals surface area contributed by atoms with Crippen LogP contribution in [0.15, 0.2) is 46.7 Å². The Hall–Kier alpha value is -2.94. The highest BCUT2D eigenvalue weighted by molar-refractivity contribution is 5.44. The lowest BCUT2D eigenvalue weighted by atomic mass is 10.3. The molecule has 1 aromatic heterocycles. The van der Waals surface area contributed by atoms with Crippen molar-refractivity contribution in [2.24, 2.45) is 30.5 Å². The molecule has 0 spiro atoms. The molecular weight excluding hydrogens is 348 g/mol. The minimum absolute atomic E-state index is 0.261. The molecule has 0 unspecified atom stereocenters. The Labute approximate surface area is 158 Å². The molecular formula is C18H28N6O3. The molecule has 9 nitrogen and oxygen atoms in total. The van der Waals surface area contributed by atoms with E-state index < -0.39 is 0 Å². The third kappa shape index (κ3) is 6.07. The highest BCUT2D eigenvalue weighted by atomic mass is 16.5. The smallest absolute Gasteiger partial charge is 0.290 e. The quantitative estimate of drug-likeness (QED) is 0.202. The largest absolute Gasteiger partial charge is 0.501 e. The number of ether oxygens (including phenoxy) is 2. The standard InChI is InChI=1S/C18H28N6O3/c1-12(26-3)5-4-6-13-7-14(13)11-27-17-8-16(18(25)24(2)23-17)21-10-15(9-19)22-20/h4-6,8-9,13-14,21-22H,7,10-11,19-20H2,1-3H3/b6-4+,12-5+,15-9-/t13-,14+/m0/s1. The number of hydrogen-bond acceptors (Lipinski definition) is 8. The van der Waals surface area contributed by atoms with E-state index in [0.717, 1.165) is 12.2 Å². The summed E-state index contributed by atoms with van der Waals surface area (Å²) in [5, 5.41) is 7.12. The van der Waals surface area contributed by atoms with E-state index in [4.69, 9.17) is 21.1 Å². The van der Waals surface area contributed by atoms with Gasteiger partial charge < -0.3 is 25.9 Å². The van der Waals surface area contributed by atoms with Crippen molar-refractivity contribution in [3.63, 3.8) is 0 Å². The molecule has 1 aromatic rings. The molecule has 148 valence electrons. The lowest BCUT2D eigenvalue weighted by Crippen LogP contribution is -2.30. The molecule has 1 aliphatic rings. The summed E-state index contributed by atoms with van der Waals surface area (Å²) in [7, 11) is 3.23. The molecule has 2 atom stereocenters. The van der Waals surface area contributed by atoms with Crippen molar-refractivity contribution in [2.45, 2.75) is 13.3 Å². The van der Waals surface area contributed by atoms with Crippen LogP contribution in [0.1, 0.15) is 13.3 Å². The number of anilines is 1. The number of allylic oxidation sites excluding steroid dienone is 4. The van der Waals surface area contributed by atoms with Crippen LogP contribution in [0.3, 0.4) is 0 Å². The number of hydrogen-bond donors (Lipinski definition) is 4. The van der Waals surface area contributed by atoms with Crippen molar-refractivity contribution in [1.29, 1.82) is 0 Å². The van der Waals surface area contributed by atoms with Crippen LogP contribution >= 0.6 is 0 Å². The van der Waals surface area contributed by atoms with Crippen molar-refractivity contribution in [3.8, 4) is 5.88 Å². The maximum Gasteiger partial charge on any atom is 0.290 e. The van der Waals surface area contributed by atoms with Gasteiger partial charge in [-0.15, -0.1) is 5.10 Å². The molecule has 2 rings (SSSR count). The summed E-state index contributed by atoms with van der Waals surface area (Å²) in [6.07, 6.45) is 8.49. The molecule has 27 heavy (non-hydrogen) atoms. The molecule has 1 heterocycles. The van der Waals surface area contributed by atoms with E-state index in [2.05, 4.69) is 21.9 Å². The van der Waals surface area contributed by atoms with E-state index in [-0.39, 0.29) is 12.1 Å². The minimum atomic E-state index is -0.261. The Kier molecular flexibility index (Phi) is 7.30. The number of hydrazine groups is 1. The lowest BCUT2D eigenvalue weighted by Gasteiger charge is -2.11. The van der Waals surface area contributed by atoms with Crippen LogP contribution in [0.2, 0.25) is 0 Å². The van der Waals surface area contributed by atoms with Crippen LogP contribution < -0.4 is 32.6 Å². The number of aryl methyl sites for hydroxylation is 1. The Morgan fingerprint density at radius 1 is 1.52 bits per heavy atom. The van der Waals surface area contributed by atoms with E-state index in [0.29, 0.717) is 35.7 Å². The zero-order chi connectivity index (χ0) is 19.8. The molecule has 1 aliphatic carbocycles. The molecule has 1 fully saturated rings. The number of nitrogens with one attached hydrogen (secondary N) is 2. The van der Waals surface area contributed by atoms with Gasteiger partial charge in [0.15, 0.2) is 0 Å². The lowest BCUT2D eigenvalue weighted by molar-refractivity contribution is 0.277. The molecule has 0 amide bonds. The second-order valence-electron chi connectivity index (χ2n) is 6.35. The van der Waals surface area contributed by atoms with E-state index in [9.17, 15) is 4.79 Å². The van der Waals surface area contributed by atoms with Gasteiger partial charge in [-0.05, 0) is 31.3 Å². The Morgan fingerprint density at radius 3 is 2.96 bits per heavy atom. The first-order valence-electron chi connectivity index (χ1n) is 8.70. The van der Waals surface area contributed by atoms with Crippen LogP contribution in [-0.2, 0) is 11.8 Å². The Morgan fingerprint density at radius 2 is 2.30 bits per heavy atom. The number of nitrogens with zero attached hydrogens (tertiary/aromatic N) is 2. The van der Waals surface area contributed by atoms with Crippen LogP contribution in [0.5, 0.6) is 5.88 Å². The monoisotopic (exact) mass is 376 g/mol. The third-order valence-electron chi connectivity index (χ3n) is 4.33. The van der Waals surface area contributed by atoms with Crippen LogP contribution in [0.25, 0.3) is 0 Å². The van der Waals surface area contributed by atoms with Crippen LogP contribution in [0.4, 0.5) is 5.69 Å². The van der Waals surface area contributed by atoms with Crippen molar-refractivity contribution >= 4 is 5.69 Å². The van der Waals surface area contributed by atoms with Crippen molar-refractivity contribution in [2.75, 3.05) is 25.6 Å². The average molecular weight is 376 g/mol. The maximum atomic E-state index is 12.2. The van der Waals surface area contributed by atoms with Gasteiger partial charge in [-0.2, -0.15) is 0 Å². The number of rotatable bonds is 10. The van der Waals surface area contributed by atoms with Gasteiger partial charge in [-0.1, -0.05) is 12.2 Å². The highest BCUT2D eigenvalue weighted by Crippen LogP contribution is 2.39. The molecule has 0 aliphatic heterocycles. The zero-order valence-corrected chi connectivity index (χ0v) is 15.9. The molecule has 9 heteroatoms. The first kappa shape index (κ1) is 20.4. The van der Waals surface area contributed by atoms with Gasteiger partial charge in [0.05, 0.1) is 31.7 Å². The molecule has 0 radical (unpaired) electrons. The molecule has 0 aromatic carbocycles. The van der Waals surface area contributed by atoms with Crippen molar-refractivity contribution in [3.05, 3.63) is 52.3 Å². The van der Waals surface area contributed by atoms with Gasteiger partial charge in [0.25, 0.3) is 5.56 Å². The maximum absolute atomic E-state index is 12.2. The third-order valence-corrected chi connectivity index (χ3v) is 4.33. The fraction of sp³-hybridized carbons (Fsp3) is 0.444. The van der Waals surface area contributed by atoms with Gasteiger partial charge >= 0.3 is 0 Å². The summed E-state index contributed by atoms with van der Waals surface area (Å²) in [6.45, 7) is 2.74. The van der Waals surface area contributed by atoms with Crippen molar-refractivity contribution in [1.82, 2.24) is 15.2 Å². The SMILES string of the molecule is CO/C(C)=C/C=C/[C@H]1C[C@@H]1COc1cc(NC/C(=C/N)NN)c(=O)n(C)n1. The fourth-order valence-corrected chi connectivity index (χ4v) is 2.42. The topological polar surface area (TPSA) is 129 Å². The highest BCUT2D eigenvalue weighted by Gasteiger charge is 2.35.